The van der Waals surface area contributed by atoms with Gasteiger partial charge in [-0.15, -0.1) is 11.3 Å². The fraction of sp³-hybridized carbons (Fsp3) is 0.0455. The van der Waals surface area contributed by atoms with Gasteiger partial charge in [0, 0.05) is 24.3 Å². The smallest absolute Gasteiger partial charge is 0.274 e. The average molecular weight is 472 g/mol. The average Bonchev–Trinajstić information content (AvgIpc) is 3.15. The van der Waals surface area contributed by atoms with E-state index in [9.17, 15) is 35.5 Å². The predicted molar refractivity (Wildman–Crippen MR) is 122 cm³/mol. The lowest BCUT2D eigenvalue weighted by molar-refractivity contribution is -0.385. The number of nitro benzene ring substituents is 2. The van der Waals surface area contributed by atoms with Crippen molar-refractivity contribution in [2.75, 3.05) is 0 Å². The molecule has 0 saturated heterocycles. The Morgan fingerprint density at radius 3 is 2.24 bits per heavy atom. The fourth-order valence-corrected chi connectivity index (χ4v) is 4.81. The summed E-state index contributed by atoms with van der Waals surface area (Å²) >= 11 is 0.937. The van der Waals surface area contributed by atoms with Gasteiger partial charge in [-0.1, -0.05) is 24.3 Å². The van der Waals surface area contributed by atoms with Gasteiger partial charge in [0.05, 0.1) is 43.6 Å². The largest absolute Gasteiger partial charge is 0.384 e. The summed E-state index contributed by atoms with van der Waals surface area (Å²) < 4.78 is 1.37. The van der Waals surface area contributed by atoms with Crippen LogP contribution < -0.4 is 20.5 Å². The van der Waals surface area contributed by atoms with Gasteiger partial charge >= 0.3 is 0 Å². The maximum absolute atomic E-state index is 13.1. The highest BCUT2D eigenvalue weighted by atomic mass is 32.1. The van der Waals surface area contributed by atoms with Gasteiger partial charge in [-0.25, -0.2) is 0 Å². The third-order valence-electron chi connectivity index (χ3n) is 5.18. The molecule has 0 bridgehead atoms. The normalized spacial score (nSPS) is 15.4. The van der Waals surface area contributed by atoms with Crippen LogP contribution in [0.15, 0.2) is 58.9 Å². The highest BCUT2D eigenvalue weighted by Crippen LogP contribution is 2.36. The molecule has 166 valence electrons. The van der Waals surface area contributed by atoms with Gasteiger partial charge in [0.2, 0.25) is 0 Å². The van der Waals surface area contributed by atoms with Crippen molar-refractivity contribution in [3.8, 4) is 12.1 Å². The van der Waals surface area contributed by atoms with Crippen LogP contribution in [0, 0.1) is 42.9 Å². The van der Waals surface area contributed by atoms with Crippen LogP contribution in [-0.2, 0) is 0 Å². The van der Waals surface area contributed by atoms with Crippen LogP contribution in [0.4, 0.5) is 11.4 Å². The molecule has 1 aliphatic heterocycles. The highest BCUT2D eigenvalue weighted by molar-refractivity contribution is 7.07. The van der Waals surface area contributed by atoms with Crippen molar-refractivity contribution in [3.05, 3.63) is 105 Å². The molecule has 1 unspecified atom stereocenters. The number of allylic oxidation sites excluding steroid dienone is 1. The van der Waals surface area contributed by atoms with Crippen LogP contribution in [0.3, 0.4) is 0 Å². The van der Waals surface area contributed by atoms with Crippen LogP contribution in [-0.4, -0.2) is 14.4 Å². The van der Waals surface area contributed by atoms with E-state index in [4.69, 9.17) is 5.73 Å². The zero-order valence-electron chi connectivity index (χ0n) is 17.0. The molecular formula is C22H12N6O5S. The van der Waals surface area contributed by atoms with Crippen molar-refractivity contribution in [1.29, 1.82) is 10.5 Å². The molecule has 0 saturated carbocycles. The van der Waals surface area contributed by atoms with E-state index >= 15 is 0 Å². The molecular weight excluding hydrogens is 460 g/mol. The van der Waals surface area contributed by atoms with Crippen LogP contribution >= 0.6 is 11.3 Å². The Morgan fingerprint density at radius 2 is 1.62 bits per heavy atom. The number of aromatic nitrogens is 1. The number of hydrogen-bond donors (Lipinski definition) is 1. The number of nitriles is 2. The molecule has 0 radical (unpaired) electrons. The quantitative estimate of drug-likeness (QED) is 0.439. The minimum absolute atomic E-state index is 0.0343. The van der Waals surface area contributed by atoms with E-state index in [-0.39, 0.29) is 37.5 Å². The molecule has 3 aromatic rings. The van der Waals surface area contributed by atoms with E-state index in [2.05, 4.69) is 0 Å². The lowest BCUT2D eigenvalue weighted by Crippen LogP contribution is -2.38. The van der Waals surface area contributed by atoms with Gasteiger partial charge in [0.25, 0.3) is 16.9 Å². The van der Waals surface area contributed by atoms with Crippen molar-refractivity contribution in [2.24, 2.45) is 5.73 Å². The molecule has 1 atom stereocenters. The molecule has 12 heteroatoms. The topological polar surface area (TPSA) is 182 Å². The number of non-ortho nitro benzene ring substituents is 2. The second kappa shape index (κ2) is 8.46. The van der Waals surface area contributed by atoms with E-state index in [0.29, 0.717) is 11.1 Å². The Hall–Kier alpha value is -5.07. The maximum Gasteiger partial charge on any atom is 0.274 e. The Balaban J connectivity index is 2.02. The SMILES string of the molecule is N#CC1=C(N)n2c(sc(=Cc3cccc([N+](=O)[O-])c3)c2=O)=C(C#N)C1c1cccc([N+](=O)[O-])c1. The van der Waals surface area contributed by atoms with Crippen molar-refractivity contribution < 1.29 is 9.85 Å². The highest BCUT2D eigenvalue weighted by Gasteiger charge is 2.32. The van der Waals surface area contributed by atoms with Gasteiger partial charge in [0.1, 0.15) is 10.5 Å². The molecule has 2 N–H and O–H groups in total. The first kappa shape index (κ1) is 22.1. The first-order valence-corrected chi connectivity index (χ1v) is 10.3. The number of rotatable bonds is 4. The second-order valence-electron chi connectivity index (χ2n) is 7.13. The molecule has 1 aromatic heterocycles. The van der Waals surface area contributed by atoms with E-state index in [1.165, 1.54) is 48.5 Å². The first-order chi connectivity index (χ1) is 16.3. The molecule has 11 nitrogen and oxygen atoms in total. The molecule has 2 aromatic carbocycles. The summed E-state index contributed by atoms with van der Waals surface area (Å²) in [5.74, 6) is -1.19. The number of nitrogens with two attached hydrogens (primary N) is 1. The van der Waals surface area contributed by atoms with Crippen molar-refractivity contribution in [3.63, 3.8) is 0 Å². The third-order valence-corrected chi connectivity index (χ3v) is 6.29. The Bertz CT molecular complexity index is 1690. The lowest BCUT2D eigenvalue weighted by Gasteiger charge is -2.22. The Labute approximate surface area is 194 Å². The first-order valence-electron chi connectivity index (χ1n) is 9.53. The molecule has 0 aliphatic carbocycles. The number of benzene rings is 2. The standard InChI is InChI=1S/C22H12N6O5S/c23-10-16-19(13-4-2-6-15(9-13)28(32)33)17(11-24)22-26(20(16)25)21(29)18(34-22)8-12-3-1-5-14(7-12)27(30)31/h1-9,19H,25H2. The summed E-state index contributed by atoms with van der Waals surface area (Å²) in [6.07, 6.45) is 1.43. The molecule has 34 heavy (non-hydrogen) atoms. The third kappa shape index (κ3) is 3.60. The summed E-state index contributed by atoms with van der Waals surface area (Å²) in [5.41, 5.74) is 5.85. The maximum atomic E-state index is 13.1. The van der Waals surface area contributed by atoms with Crippen LogP contribution in [0.1, 0.15) is 17.0 Å². The minimum atomic E-state index is -1.00. The number of hydrogen-bond acceptors (Lipinski definition) is 9. The van der Waals surface area contributed by atoms with Crippen LogP contribution in [0.25, 0.3) is 17.5 Å². The summed E-state index contributed by atoms with van der Waals surface area (Å²) in [7, 11) is 0. The number of nitro groups is 2. The van der Waals surface area contributed by atoms with Crippen molar-refractivity contribution in [1.82, 2.24) is 4.57 Å². The van der Waals surface area contributed by atoms with E-state index in [0.717, 1.165) is 15.9 Å². The van der Waals surface area contributed by atoms with Gasteiger partial charge in [-0.2, -0.15) is 10.5 Å². The molecule has 1 aliphatic rings. The number of fused-ring (bicyclic) bond motifs is 1. The van der Waals surface area contributed by atoms with Crippen molar-refractivity contribution in [2.45, 2.75) is 5.92 Å². The molecule has 0 amide bonds. The van der Waals surface area contributed by atoms with Crippen LogP contribution in [0.2, 0.25) is 0 Å². The van der Waals surface area contributed by atoms with Crippen LogP contribution in [0.5, 0.6) is 0 Å². The van der Waals surface area contributed by atoms with Gasteiger partial charge < -0.3 is 5.73 Å². The summed E-state index contributed by atoms with van der Waals surface area (Å²) in [4.78, 5) is 34.3. The summed E-state index contributed by atoms with van der Waals surface area (Å²) in [5, 5.41) is 42.0. The molecule has 2 heterocycles. The molecule has 0 fully saturated rings. The minimum Gasteiger partial charge on any atom is -0.384 e. The van der Waals surface area contributed by atoms with Gasteiger partial charge in [-0.05, 0) is 17.2 Å². The van der Waals surface area contributed by atoms with E-state index in [1.807, 2.05) is 12.1 Å². The monoisotopic (exact) mass is 472 g/mol. The van der Waals surface area contributed by atoms with E-state index < -0.39 is 21.3 Å². The molecule has 4 rings (SSSR count). The summed E-state index contributed by atoms with van der Waals surface area (Å²) in [6.45, 7) is 0. The van der Waals surface area contributed by atoms with Gasteiger partial charge in [-0.3, -0.25) is 29.6 Å². The fourth-order valence-electron chi connectivity index (χ4n) is 3.68. The molecule has 0 spiro atoms. The lowest BCUT2D eigenvalue weighted by atomic mass is 9.84. The van der Waals surface area contributed by atoms with E-state index in [1.54, 1.807) is 6.07 Å². The number of thiazole rings is 1. The Kier molecular flexibility index (Phi) is 5.51. The second-order valence-corrected chi connectivity index (χ2v) is 8.16. The van der Waals surface area contributed by atoms with Gasteiger partial charge in [0.15, 0.2) is 0 Å². The summed E-state index contributed by atoms with van der Waals surface area (Å²) in [6, 6.07) is 15.1. The zero-order chi connectivity index (χ0) is 24.6. The number of nitrogens with zero attached hydrogens (tertiary/aromatic N) is 5. The van der Waals surface area contributed by atoms with Crippen molar-refractivity contribution >= 4 is 40.2 Å². The Morgan fingerprint density at radius 1 is 1.00 bits per heavy atom. The predicted octanol–water partition coefficient (Wildman–Crippen LogP) is 1.68. The zero-order valence-corrected chi connectivity index (χ0v) is 17.9.